The molecule has 1 aliphatic heterocycles. The van der Waals surface area contributed by atoms with Gasteiger partial charge in [0.25, 0.3) is 5.91 Å². The van der Waals surface area contributed by atoms with Gasteiger partial charge < -0.3 is 15.0 Å². The van der Waals surface area contributed by atoms with Gasteiger partial charge in [-0.15, -0.1) is 0 Å². The SMILES string of the molecule is CC(C(=O)O)C1CN(C(=O)c2cc3ccccc3[nH]2)C1. The second-order valence-electron chi connectivity index (χ2n) is 5.37. The topological polar surface area (TPSA) is 73.4 Å². The van der Waals surface area contributed by atoms with Crippen LogP contribution in [-0.2, 0) is 4.79 Å². The maximum absolute atomic E-state index is 12.3. The Hall–Kier alpha value is -2.30. The molecule has 3 rings (SSSR count). The van der Waals surface area contributed by atoms with Crippen LogP contribution in [0.2, 0.25) is 0 Å². The number of likely N-dealkylation sites (tertiary alicyclic amines) is 1. The molecule has 5 nitrogen and oxygen atoms in total. The summed E-state index contributed by atoms with van der Waals surface area (Å²) >= 11 is 0. The average Bonchev–Trinajstić information content (AvgIpc) is 2.80. The van der Waals surface area contributed by atoms with Gasteiger partial charge in [-0.2, -0.15) is 0 Å². The number of nitrogens with one attached hydrogen (secondary N) is 1. The first kappa shape index (κ1) is 12.7. The molecular weight excluding hydrogens is 256 g/mol. The fraction of sp³-hybridized carbons (Fsp3) is 0.333. The van der Waals surface area contributed by atoms with E-state index in [0.717, 1.165) is 10.9 Å². The minimum atomic E-state index is -0.798. The van der Waals surface area contributed by atoms with E-state index in [9.17, 15) is 9.59 Å². The number of hydrogen-bond donors (Lipinski definition) is 2. The molecule has 0 aliphatic carbocycles. The van der Waals surface area contributed by atoms with Crippen molar-refractivity contribution in [3.8, 4) is 0 Å². The van der Waals surface area contributed by atoms with E-state index < -0.39 is 11.9 Å². The first-order valence-corrected chi connectivity index (χ1v) is 6.66. The third kappa shape index (κ3) is 2.05. The molecule has 5 heteroatoms. The number of nitrogens with zero attached hydrogens (tertiary/aromatic N) is 1. The fourth-order valence-corrected chi connectivity index (χ4v) is 2.56. The smallest absolute Gasteiger partial charge is 0.306 e. The molecule has 1 saturated heterocycles. The predicted molar refractivity (Wildman–Crippen MR) is 74.5 cm³/mol. The molecule has 104 valence electrons. The maximum Gasteiger partial charge on any atom is 0.306 e. The molecule has 1 aromatic heterocycles. The number of aromatic amines is 1. The highest BCUT2D eigenvalue weighted by Crippen LogP contribution is 2.26. The summed E-state index contributed by atoms with van der Waals surface area (Å²) in [4.78, 5) is 28.0. The maximum atomic E-state index is 12.3. The highest BCUT2D eigenvalue weighted by molar-refractivity contribution is 5.98. The minimum Gasteiger partial charge on any atom is -0.481 e. The van der Waals surface area contributed by atoms with E-state index in [1.165, 1.54) is 0 Å². The van der Waals surface area contributed by atoms with E-state index in [1.54, 1.807) is 11.8 Å². The normalized spacial score (nSPS) is 16.9. The molecule has 20 heavy (non-hydrogen) atoms. The molecule has 0 radical (unpaired) electrons. The van der Waals surface area contributed by atoms with Gasteiger partial charge in [-0.25, -0.2) is 0 Å². The summed E-state index contributed by atoms with van der Waals surface area (Å²) in [5, 5.41) is 9.95. The Balaban J connectivity index is 1.70. The van der Waals surface area contributed by atoms with Crippen LogP contribution in [-0.4, -0.2) is 40.0 Å². The van der Waals surface area contributed by atoms with Gasteiger partial charge in [-0.3, -0.25) is 9.59 Å². The number of carboxylic acid groups (broad SMARTS) is 1. The highest BCUT2D eigenvalue weighted by Gasteiger charge is 2.37. The van der Waals surface area contributed by atoms with E-state index in [-0.39, 0.29) is 11.8 Å². The van der Waals surface area contributed by atoms with Crippen LogP contribution in [0.15, 0.2) is 30.3 Å². The molecule has 1 aromatic carbocycles. The first-order chi connectivity index (χ1) is 9.56. The van der Waals surface area contributed by atoms with Crippen molar-refractivity contribution in [1.29, 1.82) is 0 Å². The van der Waals surface area contributed by atoms with Gasteiger partial charge in [0.15, 0.2) is 0 Å². The second-order valence-corrected chi connectivity index (χ2v) is 5.37. The lowest BCUT2D eigenvalue weighted by atomic mass is 9.87. The van der Waals surface area contributed by atoms with E-state index >= 15 is 0 Å². The van der Waals surface area contributed by atoms with Gasteiger partial charge in [0, 0.05) is 29.9 Å². The third-order valence-electron chi connectivity index (χ3n) is 4.05. The number of para-hydroxylation sites is 1. The second kappa shape index (κ2) is 4.67. The molecule has 2 aromatic rings. The summed E-state index contributed by atoms with van der Waals surface area (Å²) < 4.78 is 0. The number of carboxylic acids is 1. The molecule has 2 heterocycles. The van der Waals surface area contributed by atoms with Crippen molar-refractivity contribution in [2.45, 2.75) is 6.92 Å². The number of rotatable bonds is 3. The van der Waals surface area contributed by atoms with Gasteiger partial charge in [0.1, 0.15) is 5.69 Å². The van der Waals surface area contributed by atoms with Crippen molar-refractivity contribution in [2.75, 3.05) is 13.1 Å². The Morgan fingerprint density at radius 3 is 2.70 bits per heavy atom. The van der Waals surface area contributed by atoms with Crippen LogP contribution in [0, 0.1) is 11.8 Å². The monoisotopic (exact) mass is 272 g/mol. The number of hydrogen-bond acceptors (Lipinski definition) is 2. The minimum absolute atomic E-state index is 0.0563. The number of carbonyl (C=O) groups is 2. The van der Waals surface area contributed by atoms with Crippen LogP contribution in [0.5, 0.6) is 0 Å². The van der Waals surface area contributed by atoms with Gasteiger partial charge in [-0.05, 0) is 12.1 Å². The number of carbonyl (C=O) groups excluding carboxylic acids is 1. The van der Waals surface area contributed by atoms with Crippen molar-refractivity contribution in [3.05, 3.63) is 36.0 Å². The van der Waals surface area contributed by atoms with Crippen molar-refractivity contribution >= 4 is 22.8 Å². The summed E-state index contributed by atoms with van der Waals surface area (Å²) in [6, 6.07) is 9.57. The zero-order valence-corrected chi connectivity index (χ0v) is 11.2. The van der Waals surface area contributed by atoms with Gasteiger partial charge in [-0.1, -0.05) is 25.1 Å². The number of fused-ring (bicyclic) bond motifs is 1. The number of aliphatic carboxylic acids is 1. The predicted octanol–water partition coefficient (Wildman–Crippen LogP) is 1.96. The van der Waals surface area contributed by atoms with Crippen molar-refractivity contribution in [1.82, 2.24) is 9.88 Å². The molecule has 1 atom stereocenters. The Morgan fingerprint density at radius 2 is 2.05 bits per heavy atom. The quantitative estimate of drug-likeness (QED) is 0.897. The average molecular weight is 272 g/mol. The van der Waals surface area contributed by atoms with Crippen LogP contribution in [0.25, 0.3) is 10.9 Å². The van der Waals surface area contributed by atoms with Crippen LogP contribution in [0.3, 0.4) is 0 Å². The summed E-state index contributed by atoms with van der Waals surface area (Å²) in [6.45, 7) is 2.72. The number of benzene rings is 1. The molecule has 1 aliphatic rings. The van der Waals surface area contributed by atoms with Crippen LogP contribution in [0.4, 0.5) is 0 Å². The highest BCUT2D eigenvalue weighted by atomic mass is 16.4. The van der Waals surface area contributed by atoms with Crippen LogP contribution >= 0.6 is 0 Å². The zero-order valence-electron chi connectivity index (χ0n) is 11.2. The fourth-order valence-electron chi connectivity index (χ4n) is 2.56. The van der Waals surface area contributed by atoms with Gasteiger partial charge in [0.2, 0.25) is 0 Å². The lowest BCUT2D eigenvalue weighted by Crippen LogP contribution is -2.53. The zero-order chi connectivity index (χ0) is 14.3. The Labute approximate surface area is 116 Å². The molecule has 2 N–H and O–H groups in total. The summed E-state index contributed by atoms with van der Waals surface area (Å²) in [7, 11) is 0. The van der Waals surface area contributed by atoms with E-state index in [0.29, 0.717) is 18.8 Å². The summed E-state index contributed by atoms with van der Waals surface area (Å²) in [6.07, 6.45) is 0. The lowest BCUT2D eigenvalue weighted by Gasteiger charge is -2.40. The van der Waals surface area contributed by atoms with Gasteiger partial charge in [0.05, 0.1) is 5.92 Å². The largest absolute Gasteiger partial charge is 0.481 e. The summed E-state index contributed by atoms with van der Waals surface area (Å²) in [5.74, 6) is -1.20. The molecule has 0 bridgehead atoms. The molecule has 1 fully saturated rings. The standard InChI is InChI=1S/C15H16N2O3/c1-9(15(19)20)11-7-17(8-11)14(18)13-6-10-4-2-3-5-12(10)16-13/h2-6,9,11,16H,7-8H2,1H3,(H,19,20). The van der Waals surface area contributed by atoms with E-state index in [2.05, 4.69) is 4.98 Å². The molecule has 1 unspecified atom stereocenters. The van der Waals surface area contributed by atoms with Crippen LogP contribution in [0.1, 0.15) is 17.4 Å². The number of H-pyrrole nitrogens is 1. The molecule has 1 amide bonds. The molecular formula is C15H16N2O3. The first-order valence-electron chi connectivity index (χ1n) is 6.66. The Kier molecular flexibility index (Phi) is 2.97. The number of amides is 1. The van der Waals surface area contributed by atoms with Gasteiger partial charge >= 0.3 is 5.97 Å². The van der Waals surface area contributed by atoms with Crippen molar-refractivity contribution in [2.24, 2.45) is 11.8 Å². The van der Waals surface area contributed by atoms with Crippen molar-refractivity contribution < 1.29 is 14.7 Å². The molecule has 0 spiro atoms. The summed E-state index contributed by atoms with van der Waals surface area (Å²) in [5.41, 5.74) is 1.50. The Bertz CT molecular complexity index is 638. The van der Waals surface area contributed by atoms with Crippen LogP contribution < -0.4 is 0 Å². The van der Waals surface area contributed by atoms with E-state index in [4.69, 9.17) is 5.11 Å². The lowest BCUT2D eigenvalue weighted by molar-refractivity contribution is -0.144. The third-order valence-corrected chi connectivity index (χ3v) is 4.05. The Morgan fingerprint density at radius 1 is 1.35 bits per heavy atom. The molecule has 0 saturated carbocycles. The number of aromatic nitrogens is 1. The van der Waals surface area contributed by atoms with E-state index in [1.807, 2.05) is 30.3 Å². The van der Waals surface area contributed by atoms with Crippen molar-refractivity contribution in [3.63, 3.8) is 0 Å².